The van der Waals surface area contributed by atoms with E-state index in [1.165, 1.54) is 7.11 Å². The van der Waals surface area contributed by atoms with Crippen LogP contribution < -0.4 is 11.1 Å². The number of pyridine rings is 1. The molecule has 0 aliphatic heterocycles. The summed E-state index contributed by atoms with van der Waals surface area (Å²) in [6.45, 7) is 0.139. The number of rotatable bonds is 4. The van der Waals surface area contributed by atoms with Crippen LogP contribution in [0, 0.1) is 0 Å². The Morgan fingerprint density at radius 3 is 2.94 bits per heavy atom. The van der Waals surface area contributed by atoms with Gasteiger partial charge in [0.15, 0.2) is 0 Å². The molecule has 0 spiro atoms. The molecular formula is C13H15N3O2. The van der Waals surface area contributed by atoms with Gasteiger partial charge in [-0.15, -0.1) is 0 Å². The minimum atomic E-state index is -0.649. The number of nitrogens with two attached hydrogens (primary N) is 1. The van der Waals surface area contributed by atoms with Gasteiger partial charge < -0.3 is 15.8 Å². The second kappa shape index (κ2) is 5.57. The van der Waals surface area contributed by atoms with Crippen molar-refractivity contribution in [1.29, 1.82) is 0 Å². The fraction of sp³-hybridized carbons (Fsp3) is 0.231. The van der Waals surface area contributed by atoms with E-state index in [2.05, 4.69) is 10.3 Å². The van der Waals surface area contributed by atoms with Crippen LogP contribution in [0.1, 0.15) is 0 Å². The third-order valence-electron chi connectivity index (χ3n) is 2.68. The molecule has 1 heterocycles. The molecule has 18 heavy (non-hydrogen) atoms. The van der Waals surface area contributed by atoms with Crippen molar-refractivity contribution in [3.8, 4) is 0 Å². The van der Waals surface area contributed by atoms with Crippen LogP contribution in [-0.2, 0) is 9.53 Å². The number of nitrogens with zero attached hydrogens (tertiary/aromatic N) is 1. The molecule has 3 N–H and O–H groups in total. The molecule has 2 aromatic rings. The molecule has 1 atom stereocenters. The maximum absolute atomic E-state index is 11.9. The summed E-state index contributed by atoms with van der Waals surface area (Å²) < 4.78 is 4.99. The van der Waals surface area contributed by atoms with Crippen LogP contribution in [-0.4, -0.2) is 30.6 Å². The number of carbonyl (C=O) groups is 1. The highest BCUT2D eigenvalue weighted by Crippen LogP contribution is 2.20. The summed E-state index contributed by atoms with van der Waals surface area (Å²) in [5.74, 6) is -0.266. The molecule has 5 nitrogen and oxygen atoms in total. The largest absolute Gasteiger partial charge is 0.370 e. The molecule has 0 fully saturated rings. The SMILES string of the molecule is COC(CN)C(=O)Nc1cccc2cccnc12. The Labute approximate surface area is 105 Å². The van der Waals surface area contributed by atoms with Crippen LogP contribution in [0.5, 0.6) is 0 Å². The number of benzene rings is 1. The lowest BCUT2D eigenvalue weighted by Gasteiger charge is -2.13. The molecular weight excluding hydrogens is 230 g/mol. The predicted octanol–water partition coefficient (Wildman–Crippen LogP) is 1.15. The number of aromatic nitrogens is 1. The normalized spacial score (nSPS) is 12.3. The van der Waals surface area contributed by atoms with E-state index in [4.69, 9.17) is 10.5 Å². The minimum Gasteiger partial charge on any atom is -0.370 e. The summed E-state index contributed by atoms with van der Waals surface area (Å²) in [4.78, 5) is 16.1. The molecule has 0 bridgehead atoms. The number of hydrogen-bond donors (Lipinski definition) is 2. The quantitative estimate of drug-likeness (QED) is 0.847. The van der Waals surface area contributed by atoms with Crippen molar-refractivity contribution in [2.45, 2.75) is 6.10 Å². The first-order valence-corrected chi connectivity index (χ1v) is 5.63. The fourth-order valence-corrected chi connectivity index (χ4v) is 1.73. The number of para-hydroxylation sites is 1. The predicted molar refractivity (Wildman–Crippen MR) is 70.2 cm³/mol. The van der Waals surface area contributed by atoms with E-state index >= 15 is 0 Å². The van der Waals surface area contributed by atoms with Gasteiger partial charge in [0.2, 0.25) is 0 Å². The van der Waals surface area contributed by atoms with Gasteiger partial charge in [0.1, 0.15) is 6.10 Å². The van der Waals surface area contributed by atoms with E-state index in [-0.39, 0.29) is 12.5 Å². The Hall–Kier alpha value is -1.98. The number of anilines is 1. The molecule has 0 saturated heterocycles. The van der Waals surface area contributed by atoms with Gasteiger partial charge in [0, 0.05) is 25.2 Å². The van der Waals surface area contributed by atoms with Gasteiger partial charge in [0.05, 0.1) is 11.2 Å². The van der Waals surface area contributed by atoms with E-state index in [1.54, 1.807) is 12.3 Å². The van der Waals surface area contributed by atoms with Gasteiger partial charge in [-0.3, -0.25) is 9.78 Å². The summed E-state index contributed by atoms with van der Waals surface area (Å²) in [6.07, 6.45) is 1.04. The molecule has 2 rings (SSSR count). The smallest absolute Gasteiger partial charge is 0.254 e. The molecule has 0 saturated carbocycles. The van der Waals surface area contributed by atoms with Crippen LogP contribution in [0.3, 0.4) is 0 Å². The summed E-state index contributed by atoms with van der Waals surface area (Å²) in [7, 11) is 1.46. The number of nitrogens with one attached hydrogen (secondary N) is 1. The van der Waals surface area contributed by atoms with Gasteiger partial charge in [-0.25, -0.2) is 0 Å². The van der Waals surface area contributed by atoms with Crippen LogP contribution >= 0.6 is 0 Å². The molecule has 0 radical (unpaired) electrons. The summed E-state index contributed by atoms with van der Waals surface area (Å²) in [6, 6.07) is 9.40. The Balaban J connectivity index is 2.29. The summed E-state index contributed by atoms with van der Waals surface area (Å²) in [5, 5.41) is 3.75. The maximum Gasteiger partial charge on any atom is 0.254 e. The molecule has 1 aromatic carbocycles. The highest BCUT2D eigenvalue weighted by Gasteiger charge is 2.16. The Morgan fingerprint density at radius 2 is 2.22 bits per heavy atom. The van der Waals surface area contributed by atoms with Gasteiger partial charge in [-0.2, -0.15) is 0 Å². The van der Waals surface area contributed by atoms with E-state index in [9.17, 15) is 4.79 Å². The third-order valence-corrected chi connectivity index (χ3v) is 2.68. The molecule has 94 valence electrons. The van der Waals surface area contributed by atoms with E-state index in [1.807, 2.05) is 24.3 Å². The molecule has 1 amide bonds. The maximum atomic E-state index is 11.9. The highest BCUT2D eigenvalue weighted by atomic mass is 16.5. The van der Waals surface area contributed by atoms with Crippen molar-refractivity contribution in [3.63, 3.8) is 0 Å². The van der Waals surface area contributed by atoms with E-state index in [0.29, 0.717) is 5.69 Å². The zero-order valence-corrected chi connectivity index (χ0v) is 10.1. The van der Waals surface area contributed by atoms with Crippen LogP contribution in [0.15, 0.2) is 36.5 Å². The zero-order chi connectivity index (χ0) is 13.0. The fourth-order valence-electron chi connectivity index (χ4n) is 1.73. The van der Waals surface area contributed by atoms with Crippen LogP contribution in [0.2, 0.25) is 0 Å². The number of hydrogen-bond acceptors (Lipinski definition) is 4. The lowest BCUT2D eigenvalue weighted by atomic mass is 10.2. The van der Waals surface area contributed by atoms with Crippen molar-refractivity contribution < 1.29 is 9.53 Å². The molecule has 1 aromatic heterocycles. The lowest BCUT2D eigenvalue weighted by Crippen LogP contribution is -2.35. The molecule has 5 heteroatoms. The first-order chi connectivity index (χ1) is 8.76. The zero-order valence-electron chi connectivity index (χ0n) is 10.1. The molecule has 1 unspecified atom stereocenters. The molecule has 0 aliphatic rings. The second-order valence-electron chi connectivity index (χ2n) is 3.83. The van der Waals surface area contributed by atoms with Crippen molar-refractivity contribution in [2.24, 2.45) is 5.73 Å². The number of methoxy groups -OCH3 is 1. The average Bonchev–Trinajstić information content (AvgIpc) is 2.40. The Bertz CT molecular complexity index is 547. The topological polar surface area (TPSA) is 77.2 Å². The van der Waals surface area contributed by atoms with E-state index in [0.717, 1.165) is 10.9 Å². The van der Waals surface area contributed by atoms with Crippen LogP contribution in [0.25, 0.3) is 10.9 Å². The van der Waals surface area contributed by atoms with Crippen molar-refractivity contribution in [3.05, 3.63) is 36.5 Å². The number of ether oxygens (including phenoxy) is 1. The van der Waals surface area contributed by atoms with Gasteiger partial charge in [-0.1, -0.05) is 18.2 Å². The number of fused-ring (bicyclic) bond motifs is 1. The Morgan fingerprint density at radius 1 is 1.44 bits per heavy atom. The van der Waals surface area contributed by atoms with Gasteiger partial charge in [-0.05, 0) is 12.1 Å². The summed E-state index contributed by atoms with van der Waals surface area (Å²) >= 11 is 0. The van der Waals surface area contributed by atoms with Crippen LogP contribution in [0.4, 0.5) is 5.69 Å². The lowest BCUT2D eigenvalue weighted by molar-refractivity contribution is -0.125. The average molecular weight is 245 g/mol. The number of amides is 1. The third kappa shape index (κ3) is 2.47. The summed E-state index contributed by atoms with van der Waals surface area (Å²) in [5.41, 5.74) is 6.86. The first-order valence-electron chi connectivity index (χ1n) is 5.63. The van der Waals surface area contributed by atoms with Crippen molar-refractivity contribution in [1.82, 2.24) is 4.98 Å². The minimum absolute atomic E-state index is 0.139. The van der Waals surface area contributed by atoms with E-state index < -0.39 is 6.10 Å². The first kappa shape index (κ1) is 12.5. The second-order valence-corrected chi connectivity index (χ2v) is 3.83. The van der Waals surface area contributed by atoms with Gasteiger partial charge >= 0.3 is 0 Å². The monoisotopic (exact) mass is 245 g/mol. The van der Waals surface area contributed by atoms with Crippen molar-refractivity contribution in [2.75, 3.05) is 19.0 Å². The Kier molecular flexibility index (Phi) is 3.86. The molecule has 0 aliphatic carbocycles. The highest BCUT2D eigenvalue weighted by molar-refractivity contribution is 6.01. The van der Waals surface area contributed by atoms with Crippen molar-refractivity contribution >= 4 is 22.5 Å². The standard InChI is InChI=1S/C13H15N3O2/c1-18-11(8-14)13(17)16-10-6-2-4-9-5-3-7-15-12(9)10/h2-7,11H,8,14H2,1H3,(H,16,17). The van der Waals surface area contributed by atoms with Gasteiger partial charge in [0.25, 0.3) is 5.91 Å². The number of carbonyl (C=O) groups excluding carboxylic acids is 1.